The van der Waals surface area contributed by atoms with E-state index in [9.17, 15) is 10.2 Å². The Morgan fingerprint density at radius 2 is 1.12 bits per heavy atom. The predicted octanol–water partition coefficient (Wildman–Crippen LogP) is 5.86. The average molecular weight is 348 g/mol. The second kappa shape index (κ2) is 6.35. The molecule has 2 aromatic rings. The summed E-state index contributed by atoms with van der Waals surface area (Å²) in [7, 11) is 0. The van der Waals surface area contributed by atoms with Crippen LogP contribution >= 0.6 is 0 Å². The molecule has 0 saturated heterocycles. The van der Waals surface area contributed by atoms with Gasteiger partial charge in [0.2, 0.25) is 0 Å². The molecule has 0 bridgehead atoms. The van der Waals surface area contributed by atoms with E-state index in [2.05, 4.69) is 52.0 Å². The highest BCUT2D eigenvalue weighted by atomic mass is 16.3. The number of aromatic hydroxyl groups is 2. The Hall–Kier alpha value is -2.48. The quantitative estimate of drug-likeness (QED) is 0.727. The molecule has 0 heterocycles. The highest BCUT2D eigenvalue weighted by Gasteiger charge is 2.54. The number of phenols is 2. The molecule has 1 aliphatic carbocycles. The van der Waals surface area contributed by atoms with Crippen molar-refractivity contribution >= 4 is 0 Å². The average Bonchev–Trinajstić information content (AvgIpc) is 2.63. The van der Waals surface area contributed by atoms with Gasteiger partial charge in [-0.3, -0.25) is 0 Å². The minimum atomic E-state index is -0.177. The monoisotopic (exact) mass is 348 g/mol. The van der Waals surface area contributed by atoms with Gasteiger partial charge in [0, 0.05) is 5.41 Å². The third-order valence-corrected chi connectivity index (χ3v) is 6.48. The Bertz CT molecular complexity index is 764. The lowest BCUT2D eigenvalue weighted by Crippen LogP contribution is -2.52. The van der Waals surface area contributed by atoms with E-state index < -0.39 is 0 Å². The molecule has 0 amide bonds. The fourth-order valence-electron chi connectivity index (χ4n) is 4.60. The molecule has 0 fully saturated rings. The molecule has 3 rings (SSSR count). The first-order valence-corrected chi connectivity index (χ1v) is 9.14. The normalized spacial score (nSPS) is 16.6. The van der Waals surface area contributed by atoms with Crippen molar-refractivity contribution in [3.8, 4) is 11.5 Å². The van der Waals surface area contributed by atoms with Crippen LogP contribution in [0.1, 0.15) is 45.2 Å². The van der Waals surface area contributed by atoms with Crippen LogP contribution in [0.5, 0.6) is 11.5 Å². The van der Waals surface area contributed by atoms with Crippen LogP contribution < -0.4 is 0 Å². The molecule has 26 heavy (non-hydrogen) atoms. The van der Waals surface area contributed by atoms with Gasteiger partial charge in [-0.1, -0.05) is 76.3 Å². The zero-order valence-electron chi connectivity index (χ0n) is 16.0. The molecular formula is C24H28O2. The van der Waals surface area contributed by atoms with Crippen LogP contribution in [0.4, 0.5) is 0 Å². The number of allylic oxidation sites excluding steroid dienone is 4. The van der Waals surface area contributed by atoms with Gasteiger partial charge in [-0.15, -0.1) is 0 Å². The van der Waals surface area contributed by atoms with Crippen molar-refractivity contribution in [1.82, 2.24) is 0 Å². The molecule has 0 aromatic heterocycles. The van der Waals surface area contributed by atoms with Crippen LogP contribution in [-0.2, 0) is 10.8 Å². The lowest BCUT2D eigenvalue weighted by molar-refractivity contribution is 0.106. The van der Waals surface area contributed by atoms with E-state index in [1.165, 1.54) is 11.1 Å². The standard InChI is InChI=1S/C24H28O2/c1-22(2,18-8-12-20(25)13-9-18)24(16-6-5-7-17-24)23(3,4)19-10-14-21(26)15-11-19/h5-16,25-26H,17H2,1-4H3. The summed E-state index contributed by atoms with van der Waals surface area (Å²) in [5.41, 5.74) is 1.87. The Morgan fingerprint density at radius 3 is 1.46 bits per heavy atom. The van der Waals surface area contributed by atoms with Gasteiger partial charge in [0.05, 0.1) is 0 Å². The maximum Gasteiger partial charge on any atom is 0.115 e. The molecule has 2 heteroatoms. The van der Waals surface area contributed by atoms with Gasteiger partial charge in [0.1, 0.15) is 11.5 Å². The second-order valence-corrected chi connectivity index (χ2v) is 8.31. The lowest BCUT2D eigenvalue weighted by Gasteiger charge is -2.56. The summed E-state index contributed by atoms with van der Waals surface area (Å²) in [5.74, 6) is 0.575. The number of rotatable bonds is 4. The van der Waals surface area contributed by atoms with E-state index in [1.54, 1.807) is 24.3 Å². The van der Waals surface area contributed by atoms with Crippen molar-refractivity contribution in [2.24, 2.45) is 5.41 Å². The van der Waals surface area contributed by atoms with Gasteiger partial charge in [0.15, 0.2) is 0 Å². The summed E-state index contributed by atoms with van der Waals surface area (Å²) in [5, 5.41) is 19.4. The van der Waals surface area contributed by atoms with Crippen molar-refractivity contribution in [2.45, 2.75) is 44.9 Å². The molecule has 0 radical (unpaired) electrons. The van der Waals surface area contributed by atoms with E-state index in [0.717, 1.165) is 6.42 Å². The van der Waals surface area contributed by atoms with Crippen LogP contribution in [0.15, 0.2) is 72.8 Å². The molecule has 0 saturated carbocycles. The number of hydrogen-bond donors (Lipinski definition) is 2. The van der Waals surface area contributed by atoms with Gasteiger partial charge in [-0.2, -0.15) is 0 Å². The lowest BCUT2D eigenvalue weighted by atomic mass is 9.47. The Balaban J connectivity index is 2.18. The minimum Gasteiger partial charge on any atom is -0.508 e. The third-order valence-electron chi connectivity index (χ3n) is 6.48. The summed E-state index contributed by atoms with van der Waals surface area (Å²) in [6.45, 7) is 9.13. The van der Waals surface area contributed by atoms with Crippen molar-refractivity contribution in [3.05, 3.63) is 84.0 Å². The zero-order chi connectivity index (χ0) is 19.0. The third kappa shape index (κ3) is 2.74. The first kappa shape index (κ1) is 18.3. The molecule has 0 aliphatic heterocycles. The maximum absolute atomic E-state index is 9.71. The predicted molar refractivity (Wildman–Crippen MR) is 108 cm³/mol. The molecule has 0 atom stereocenters. The highest BCUT2D eigenvalue weighted by Crippen LogP contribution is 2.58. The van der Waals surface area contributed by atoms with Crippen molar-refractivity contribution < 1.29 is 10.2 Å². The van der Waals surface area contributed by atoms with Gasteiger partial charge in [0.25, 0.3) is 0 Å². The van der Waals surface area contributed by atoms with Crippen molar-refractivity contribution in [3.63, 3.8) is 0 Å². The fourth-order valence-corrected chi connectivity index (χ4v) is 4.60. The molecule has 2 aromatic carbocycles. The number of phenolic OH excluding ortho intramolecular Hbond substituents is 2. The first-order chi connectivity index (χ1) is 12.2. The first-order valence-electron chi connectivity index (χ1n) is 9.14. The summed E-state index contributed by atoms with van der Waals surface area (Å²) in [6.07, 6.45) is 9.76. The van der Waals surface area contributed by atoms with Crippen molar-refractivity contribution in [1.29, 1.82) is 0 Å². The van der Waals surface area contributed by atoms with Crippen LogP contribution in [0.3, 0.4) is 0 Å². The van der Waals surface area contributed by atoms with E-state index >= 15 is 0 Å². The SMILES string of the molecule is CC(C)(c1ccc(O)cc1)C1(C(C)(C)c2ccc(O)cc2)C=CC=CC1. The zero-order valence-corrected chi connectivity index (χ0v) is 16.0. The Morgan fingerprint density at radius 1 is 0.692 bits per heavy atom. The fraction of sp³-hybridized carbons (Fsp3) is 0.333. The van der Waals surface area contributed by atoms with E-state index in [0.29, 0.717) is 0 Å². The maximum atomic E-state index is 9.71. The van der Waals surface area contributed by atoms with Gasteiger partial charge >= 0.3 is 0 Å². The summed E-state index contributed by atoms with van der Waals surface area (Å²) in [6, 6.07) is 15.2. The summed E-state index contributed by atoms with van der Waals surface area (Å²) >= 11 is 0. The number of benzene rings is 2. The minimum absolute atomic E-state index is 0.164. The summed E-state index contributed by atoms with van der Waals surface area (Å²) < 4.78 is 0. The van der Waals surface area contributed by atoms with Crippen LogP contribution in [-0.4, -0.2) is 10.2 Å². The van der Waals surface area contributed by atoms with Gasteiger partial charge < -0.3 is 10.2 Å². The largest absolute Gasteiger partial charge is 0.508 e. The molecule has 0 unspecified atom stereocenters. The van der Waals surface area contributed by atoms with Crippen LogP contribution in [0, 0.1) is 5.41 Å². The molecule has 1 aliphatic rings. The van der Waals surface area contributed by atoms with Gasteiger partial charge in [-0.25, -0.2) is 0 Å². The van der Waals surface area contributed by atoms with E-state index in [4.69, 9.17) is 0 Å². The molecule has 136 valence electrons. The Labute approximate surface area is 156 Å². The van der Waals surface area contributed by atoms with E-state index in [-0.39, 0.29) is 27.7 Å². The topological polar surface area (TPSA) is 40.5 Å². The molecule has 2 N–H and O–H groups in total. The summed E-state index contributed by atoms with van der Waals surface area (Å²) in [4.78, 5) is 0. The highest BCUT2D eigenvalue weighted by molar-refractivity contribution is 5.43. The number of hydrogen-bond acceptors (Lipinski definition) is 2. The second-order valence-electron chi connectivity index (χ2n) is 8.31. The smallest absolute Gasteiger partial charge is 0.115 e. The van der Waals surface area contributed by atoms with Gasteiger partial charge in [-0.05, 0) is 52.6 Å². The van der Waals surface area contributed by atoms with Crippen molar-refractivity contribution in [2.75, 3.05) is 0 Å². The van der Waals surface area contributed by atoms with Crippen LogP contribution in [0.2, 0.25) is 0 Å². The molecule has 0 spiro atoms. The molecule has 2 nitrogen and oxygen atoms in total. The van der Waals surface area contributed by atoms with E-state index in [1.807, 2.05) is 24.3 Å². The van der Waals surface area contributed by atoms with Crippen LogP contribution in [0.25, 0.3) is 0 Å². The Kier molecular flexibility index (Phi) is 4.47. The molecular weight excluding hydrogens is 320 g/mol.